The number of rotatable bonds is 4. The largest absolute Gasteiger partial charge is 0.495 e. The zero-order valence-electron chi connectivity index (χ0n) is 10.2. The fourth-order valence-electron chi connectivity index (χ4n) is 1.66. The summed E-state index contributed by atoms with van der Waals surface area (Å²) in [7, 11) is 1.69. The molecule has 1 atom stereocenters. The SMILES string of the molecule is COc1cc(C)ccc1NC(C)c1cscn1. The smallest absolute Gasteiger partial charge is 0.142 e. The summed E-state index contributed by atoms with van der Waals surface area (Å²) in [6.45, 7) is 4.14. The first-order chi connectivity index (χ1) is 8.20. The number of benzene rings is 1. The Hall–Kier alpha value is -1.55. The van der Waals surface area contributed by atoms with Crippen molar-refractivity contribution in [3.63, 3.8) is 0 Å². The fraction of sp³-hybridized carbons (Fsp3) is 0.308. The van der Waals surface area contributed by atoms with E-state index in [0.29, 0.717) is 0 Å². The summed E-state index contributed by atoms with van der Waals surface area (Å²) in [4.78, 5) is 4.30. The second-order valence-electron chi connectivity index (χ2n) is 3.98. The summed E-state index contributed by atoms with van der Waals surface area (Å²) in [6, 6.07) is 6.31. The molecule has 1 aromatic heterocycles. The molecule has 2 aromatic rings. The van der Waals surface area contributed by atoms with Crippen LogP contribution in [0.5, 0.6) is 5.75 Å². The highest BCUT2D eigenvalue weighted by atomic mass is 32.1. The highest BCUT2D eigenvalue weighted by molar-refractivity contribution is 7.07. The minimum Gasteiger partial charge on any atom is -0.495 e. The maximum Gasteiger partial charge on any atom is 0.142 e. The van der Waals surface area contributed by atoms with Gasteiger partial charge in [-0.15, -0.1) is 11.3 Å². The molecule has 0 amide bonds. The maximum absolute atomic E-state index is 5.36. The molecular weight excluding hydrogens is 232 g/mol. The highest BCUT2D eigenvalue weighted by Gasteiger charge is 2.10. The molecule has 0 fully saturated rings. The molecule has 0 aliphatic rings. The monoisotopic (exact) mass is 248 g/mol. The van der Waals surface area contributed by atoms with Crippen LogP contribution in [0.1, 0.15) is 24.2 Å². The molecule has 0 saturated carbocycles. The molecule has 1 N–H and O–H groups in total. The quantitative estimate of drug-likeness (QED) is 0.897. The summed E-state index contributed by atoms with van der Waals surface area (Å²) >= 11 is 1.61. The molecule has 17 heavy (non-hydrogen) atoms. The van der Waals surface area contributed by atoms with E-state index in [1.165, 1.54) is 5.56 Å². The van der Waals surface area contributed by atoms with Gasteiger partial charge in [-0.3, -0.25) is 0 Å². The molecule has 2 rings (SSSR count). The van der Waals surface area contributed by atoms with Gasteiger partial charge in [0.1, 0.15) is 5.75 Å². The minimum absolute atomic E-state index is 0.179. The number of hydrogen-bond donors (Lipinski definition) is 1. The zero-order valence-corrected chi connectivity index (χ0v) is 11.0. The van der Waals surface area contributed by atoms with E-state index in [0.717, 1.165) is 17.1 Å². The topological polar surface area (TPSA) is 34.1 Å². The first kappa shape index (κ1) is 11.9. The van der Waals surface area contributed by atoms with E-state index in [-0.39, 0.29) is 6.04 Å². The van der Waals surface area contributed by atoms with Crippen LogP contribution in [-0.4, -0.2) is 12.1 Å². The maximum atomic E-state index is 5.36. The Bertz CT molecular complexity index is 482. The van der Waals surface area contributed by atoms with Crippen molar-refractivity contribution in [2.75, 3.05) is 12.4 Å². The van der Waals surface area contributed by atoms with Gasteiger partial charge in [-0.2, -0.15) is 0 Å². The minimum atomic E-state index is 0.179. The van der Waals surface area contributed by atoms with Crippen LogP contribution in [0, 0.1) is 6.92 Å². The number of nitrogens with zero attached hydrogens (tertiary/aromatic N) is 1. The highest BCUT2D eigenvalue weighted by Crippen LogP contribution is 2.28. The Morgan fingerprint density at radius 3 is 2.88 bits per heavy atom. The number of aromatic nitrogens is 1. The van der Waals surface area contributed by atoms with Gasteiger partial charge in [0.05, 0.1) is 30.0 Å². The molecule has 0 spiro atoms. The normalized spacial score (nSPS) is 12.2. The molecular formula is C13H16N2OS. The van der Waals surface area contributed by atoms with Crippen LogP contribution >= 0.6 is 11.3 Å². The lowest BCUT2D eigenvalue weighted by Crippen LogP contribution is -2.07. The number of hydrogen-bond acceptors (Lipinski definition) is 4. The second kappa shape index (κ2) is 5.19. The summed E-state index contributed by atoms with van der Waals surface area (Å²) in [5.74, 6) is 0.868. The Morgan fingerprint density at radius 1 is 1.41 bits per heavy atom. The number of methoxy groups -OCH3 is 1. The predicted octanol–water partition coefficient (Wildman–Crippen LogP) is 3.63. The zero-order chi connectivity index (χ0) is 12.3. The van der Waals surface area contributed by atoms with Crippen LogP contribution < -0.4 is 10.1 Å². The van der Waals surface area contributed by atoms with Crippen molar-refractivity contribution < 1.29 is 4.74 Å². The van der Waals surface area contributed by atoms with Crippen molar-refractivity contribution in [1.82, 2.24) is 4.98 Å². The third-order valence-electron chi connectivity index (χ3n) is 2.62. The average Bonchev–Trinajstić information content (AvgIpc) is 2.85. The van der Waals surface area contributed by atoms with Crippen molar-refractivity contribution >= 4 is 17.0 Å². The number of nitrogens with one attached hydrogen (secondary N) is 1. The van der Waals surface area contributed by atoms with Crippen molar-refractivity contribution in [2.45, 2.75) is 19.9 Å². The first-order valence-corrected chi connectivity index (χ1v) is 6.44. The van der Waals surface area contributed by atoms with Crippen LogP contribution in [0.25, 0.3) is 0 Å². The van der Waals surface area contributed by atoms with Crippen molar-refractivity contribution in [2.24, 2.45) is 0 Å². The fourth-order valence-corrected chi connectivity index (χ4v) is 2.31. The molecule has 3 nitrogen and oxygen atoms in total. The predicted molar refractivity (Wildman–Crippen MR) is 71.9 cm³/mol. The number of anilines is 1. The Balaban J connectivity index is 2.18. The van der Waals surface area contributed by atoms with Crippen LogP contribution in [0.4, 0.5) is 5.69 Å². The summed E-state index contributed by atoms with van der Waals surface area (Å²) in [5, 5.41) is 5.46. The summed E-state index contributed by atoms with van der Waals surface area (Å²) in [6.07, 6.45) is 0. The Kier molecular flexibility index (Phi) is 3.64. The number of thiazole rings is 1. The molecule has 4 heteroatoms. The van der Waals surface area contributed by atoms with E-state index in [9.17, 15) is 0 Å². The van der Waals surface area contributed by atoms with E-state index in [1.54, 1.807) is 18.4 Å². The van der Waals surface area contributed by atoms with E-state index in [1.807, 2.05) is 17.6 Å². The average molecular weight is 248 g/mol. The molecule has 0 aliphatic heterocycles. The lowest BCUT2D eigenvalue weighted by molar-refractivity contribution is 0.415. The summed E-state index contributed by atoms with van der Waals surface area (Å²) in [5.41, 5.74) is 5.09. The third-order valence-corrected chi connectivity index (χ3v) is 3.23. The molecule has 0 aliphatic carbocycles. The standard InChI is InChI=1S/C13H16N2OS/c1-9-4-5-11(13(6-9)16-3)15-10(2)12-7-17-8-14-12/h4-8,10,15H,1-3H3. The van der Waals surface area contributed by atoms with E-state index >= 15 is 0 Å². The van der Waals surface area contributed by atoms with E-state index in [4.69, 9.17) is 4.74 Å². The molecule has 90 valence electrons. The lowest BCUT2D eigenvalue weighted by Gasteiger charge is -2.16. The van der Waals surface area contributed by atoms with E-state index < -0.39 is 0 Å². The molecule has 0 saturated heterocycles. The van der Waals surface area contributed by atoms with Gasteiger partial charge in [0.15, 0.2) is 0 Å². The molecule has 1 heterocycles. The van der Waals surface area contributed by atoms with Crippen LogP contribution in [0.15, 0.2) is 29.1 Å². The van der Waals surface area contributed by atoms with Crippen LogP contribution in [0.3, 0.4) is 0 Å². The van der Waals surface area contributed by atoms with Crippen LogP contribution in [-0.2, 0) is 0 Å². The van der Waals surface area contributed by atoms with E-state index in [2.05, 4.69) is 35.6 Å². The summed E-state index contributed by atoms with van der Waals surface area (Å²) < 4.78 is 5.36. The van der Waals surface area contributed by atoms with Gasteiger partial charge in [-0.25, -0.2) is 4.98 Å². The lowest BCUT2D eigenvalue weighted by atomic mass is 10.2. The first-order valence-electron chi connectivity index (χ1n) is 5.50. The molecule has 0 bridgehead atoms. The number of aryl methyl sites for hydroxylation is 1. The van der Waals surface area contributed by atoms with Crippen LogP contribution in [0.2, 0.25) is 0 Å². The van der Waals surface area contributed by atoms with Crippen molar-refractivity contribution in [3.8, 4) is 5.75 Å². The van der Waals surface area contributed by atoms with Gasteiger partial charge in [0.2, 0.25) is 0 Å². The Morgan fingerprint density at radius 2 is 2.24 bits per heavy atom. The second-order valence-corrected chi connectivity index (χ2v) is 4.70. The number of ether oxygens (including phenoxy) is 1. The van der Waals surface area contributed by atoms with Gasteiger partial charge >= 0.3 is 0 Å². The van der Waals surface area contributed by atoms with Crippen molar-refractivity contribution in [3.05, 3.63) is 40.3 Å². The van der Waals surface area contributed by atoms with Gasteiger partial charge < -0.3 is 10.1 Å². The Labute approximate surface area is 105 Å². The van der Waals surface area contributed by atoms with Gasteiger partial charge in [-0.1, -0.05) is 6.07 Å². The van der Waals surface area contributed by atoms with Gasteiger partial charge in [0.25, 0.3) is 0 Å². The molecule has 1 aromatic carbocycles. The third kappa shape index (κ3) is 2.77. The van der Waals surface area contributed by atoms with Gasteiger partial charge in [-0.05, 0) is 31.5 Å². The van der Waals surface area contributed by atoms with Gasteiger partial charge in [0, 0.05) is 5.38 Å². The molecule has 0 radical (unpaired) electrons. The molecule has 1 unspecified atom stereocenters. The van der Waals surface area contributed by atoms with Crippen molar-refractivity contribution in [1.29, 1.82) is 0 Å².